The summed E-state index contributed by atoms with van der Waals surface area (Å²) >= 11 is 0. The number of piperidine rings is 1. The van der Waals surface area contributed by atoms with Gasteiger partial charge in [-0.15, -0.1) is 0 Å². The van der Waals surface area contributed by atoms with Gasteiger partial charge in [0.1, 0.15) is 0 Å². The Morgan fingerprint density at radius 3 is 1.81 bits per heavy atom. The summed E-state index contributed by atoms with van der Waals surface area (Å²) in [6.45, 7) is 5.20. The summed E-state index contributed by atoms with van der Waals surface area (Å²) in [5.41, 5.74) is 0.155. The van der Waals surface area contributed by atoms with Crippen LogP contribution >= 0.6 is 10.7 Å². The summed E-state index contributed by atoms with van der Waals surface area (Å²) in [7, 11) is -2.20. The molecule has 0 aromatic heterocycles. The first-order valence-electron chi connectivity index (χ1n) is 6.57. The van der Waals surface area contributed by atoms with Crippen molar-refractivity contribution in [2.45, 2.75) is 36.5 Å². The minimum atomic E-state index is -3.84. The van der Waals surface area contributed by atoms with Crippen LogP contribution < -0.4 is 0 Å². The van der Waals surface area contributed by atoms with Crippen LogP contribution in [-0.2, 0) is 19.1 Å². The average molecular weight is 352 g/mol. The lowest BCUT2D eigenvalue weighted by Gasteiger charge is -2.36. The number of hydrogen-bond donors (Lipinski definition) is 0. The Labute approximate surface area is 130 Å². The molecular formula is C13H18ClNO4S2. The number of nitrogens with zero attached hydrogens (tertiary/aromatic N) is 1. The summed E-state index contributed by atoms with van der Waals surface area (Å²) < 4.78 is 48.8. The topological polar surface area (TPSA) is 71.5 Å². The zero-order valence-corrected chi connectivity index (χ0v) is 14.3. The van der Waals surface area contributed by atoms with Gasteiger partial charge < -0.3 is 0 Å². The van der Waals surface area contributed by atoms with Gasteiger partial charge in [-0.25, -0.2) is 16.8 Å². The number of halogens is 1. The average Bonchev–Trinajstić information content (AvgIpc) is 2.37. The highest BCUT2D eigenvalue weighted by Crippen LogP contribution is 2.32. The second kappa shape index (κ2) is 5.53. The molecule has 1 aromatic carbocycles. The Morgan fingerprint density at radius 1 is 0.952 bits per heavy atom. The minimum absolute atomic E-state index is 0.0891. The molecule has 0 amide bonds. The number of hydrogen-bond acceptors (Lipinski definition) is 4. The zero-order chi connectivity index (χ0) is 15.9. The summed E-state index contributed by atoms with van der Waals surface area (Å²) in [4.78, 5) is -0.0193. The first-order chi connectivity index (χ1) is 9.52. The quantitative estimate of drug-likeness (QED) is 0.784. The molecule has 2 rings (SSSR count). The van der Waals surface area contributed by atoms with Crippen LogP contribution in [0.5, 0.6) is 0 Å². The standard InChI is InChI=1S/C13H18ClNO4S2/c1-13(2)7-9-15(10-8-13)21(18,19)12-5-3-11(4-6-12)20(14,16)17/h3-6H,7-10H2,1-2H3. The first-order valence-corrected chi connectivity index (χ1v) is 10.3. The van der Waals surface area contributed by atoms with E-state index in [2.05, 4.69) is 13.8 Å². The largest absolute Gasteiger partial charge is 0.261 e. The minimum Gasteiger partial charge on any atom is -0.207 e. The molecule has 1 aliphatic rings. The Hall–Kier alpha value is -0.630. The SMILES string of the molecule is CC1(C)CCN(S(=O)(=O)c2ccc(S(=O)(=O)Cl)cc2)CC1. The molecule has 0 unspecified atom stereocenters. The van der Waals surface area contributed by atoms with Crippen LogP contribution in [0.1, 0.15) is 26.7 Å². The first kappa shape index (κ1) is 16.7. The van der Waals surface area contributed by atoms with Crippen LogP contribution in [0, 0.1) is 5.41 Å². The van der Waals surface area contributed by atoms with Crippen LogP contribution in [0.15, 0.2) is 34.1 Å². The van der Waals surface area contributed by atoms with Gasteiger partial charge in [-0.1, -0.05) is 13.8 Å². The number of rotatable bonds is 3. The molecule has 0 bridgehead atoms. The van der Waals surface area contributed by atoms with Gasteiger partial charge in [0, 0.05) is 23.8 Å². The third kappa shape index (κ3) is 3.77. The molecular weight excluding hydrogens is 334 g/mol. The molecule has 21 heavy (non-hydrogen) atoms. The lowest BCUT2D eigenvalue weighted by molar-refractivity contribution is 0.196. The highest BCUT2D eigenvalue weighted by Gasteiger charge is 2.32. The van der Waals surface area contributed by atoms with E-state index in [4.69, 9.17) is 10.7 Å². The van der Waals surface area contributed by atoms with Gasteiger partial charge in [0.15, 0.2) is 0 Å². The molecule has 118 valence electrons. The van der Waals surface area contributed by atoms with Gasteiger partial charge in [0.25, 0.3) is 9.05 Å². The van der Waals surface area contributed by atoms with Crippen LogP contribution in [-0.4, -0.2) is 34.2 Å². The third-order valence-electron chi connectivity index (χ3n) is 3.82. The van der Waals surface area contributed by atoms with Crippen molar-refractivity contribution in [2.24, 2.45) is 5.41 Å². The van der Waals surface area contributed by atoms with E-state index in [0.717, 1.165) is 12.8 Å². The maximum absolute atomic E-state index is 12.5. The van der Waals surface area contributed by atoms with Gasteiger partial charge >= 0.3 is 0 Å². The summed E-state index contributed by atoms with van der Waals surface area (Å²) in [5, 5.41) is 0. The van der Waals surface area contributed by atoms with Gasteiger partial charge in [-0.2, -0.15) is 4.31 Å². The molecule has 8 heteroatoms. The molecule has 0 radical (unpaired) electrons. The Bertz CT molecular complexity index is 714. The zero-order valence-electron chi connectivity index (χ0n) is 11.9. The molecule has 1 aliphatic heterocycles. The van der Waals surface area contributed by atoms with Gasteiger partial charge in [-0.3, -0.25) is 0 Å². The highest BCUT2D eigenvalue weighted by atomic mass is 35.7. The van der Waals surface area contributed by atoms with Gasteiger partial charge in [0.05, 0.1) is 9.79 Å². The van der Waals surface area contributed by atoms with E-state index in [9.17, 15) is 16.8 Å². The van der Waals surface area contributed by atoms with Gasteiger partial charge in [-0.05, 0) is 42.5 Å². The Balaban J connectivity index is 2.25. The van der Waals surface area contributed by atoms with Crippen LogP contribution in [0.3, 0.4) is 0 Å². The van der Waals surface area contributed by atoms with Crippen LogP contribution in [0.25, 0.3) is 0 Å². The summed E-state index contributed by atoms with van der Waals surface area (Å²) in [5.74, 6) is 0. The van der Waals surface area contributed by atoms with Crippen molar-refractivity contribution in [3.8, 4) is 0 Å². The van der Waals surface area contributed by atoms with Crippen LogP contribution in [0.2, 0.25) is 0 Å². The second-order valence-corrected chi connectivity index (χ2v) is 10.5. The van der Waals surface area contributed by atoms with Crippen molar-refractivity contribution in [2.75, 3.05) is 13.1 Å². The molecule has 0 N–H and O–H groups in total. The van der Waals surface area contributed by atoms with Gasteiger partial charge in [0.2, 0.25) is 10.0 Å². The maximum atomic E-state index is 12.5. The molecule has 0 saturated carbocycles. The van der Waals surface area contributed by atoms with E-state index in [0.29, 0.717) is 13.1 Å². The lowest BCUT2D eigenvalue weighted by atomic mass is 9.83. The fourth-order valence-corrected chi connectivity index (χ4v) is 4.47. The van der Waals surface area contributed by atoms with Crippen molar-refractivity contribution in [3.05, 3.63) is 24.3 Å². The van der Waals surface area contributed by atoms with E-state index < -0.39 is 19.1 Å². The molecule has 0 atom stereocenters. The van der Waals surface area contributed by atoms with E-state index in [-0.39, 0.29) is 15.2 Å². The van der Waals surface area contributed by atoms with Crippen LogP contribution in [0.4, 0.5) is 0 Å². The summed E-state index contributed by atoms with van der Waals surface area (Å²) in [6.07, 6.45) is 1.61. The maximum Gasteiger partial charge on any atom is 0.261 e. The number of sulfonamides is 1. The lowest BCUT2D eigenvalue weighted by Crippen LogP contribution is -2.41. The van der Waals surface area contributed by atoms with Crippen molar-refractivity contribution in [3.63, 3.8) is 0 Å². The molecule has 1 heterocycles. The van der Waals surface area contributed by atoms with E-state index in [1.165, 1.54) is 28.6 Å². The smallest absolute Gasteiger partial charge is 0.207 e. The molecule has 1 saturated heterocycles. The van der Waals surface area contributed by atoms with Crippen molar-refractivity contribution in [1.29, 1.82) is 0 Å². The fourth-order valence-electron chi connectivity index (χ4n) is 2.26. The Kier molecular flexibility index (Phi) is 4.41. The van der Waals surface area contributed by atoms with E-state index in [1.54, 1.807) is 0 Å². The van der Waals surface area contributed by atoms with Crippen molar-refractivity contribution in [1.82, 2.24) is 4.31 Å². The molecule has 1 aromatic rings. The fraction of sp³-hybridized carbons (Fsp3) is 0.538. The molecule has 1 fully saturated rings. The monoisotopic (exact) mass is 351 g/mol. The number of benzene rings is 1. The predicted molar refractivity (Wildman–Crippen MR) is 81.3 cm³/mol. The molecule has 0 aliphatic carbocycles. The normalized spacial score (nSPS) is 20.3. The van der Waals surface area contributed by atoms with Crippen molar-refractivity contribution < 1.29 is 16.8 Å². The third-order valence-corrected chi connectivity index (χ3v) is 7.10. The predicted octanol–water partition coefficient (Wildman–Crippen LogP) is 2.42. The Morgan fingerprint density at radius 2 is 1.38 bits per heavy atom. The second-order valence-electron chi connectivity index (χ2n) is 5.98. The van der Waals surface area contributed by atoms with Crippen molar-refractivity contribution >= 4 is 29.8 Å². The van der Waals surface area contributed by atoms with E-state index in [1.807, 2.05) is 0 Å². The highest BCUT2D eigenvalue weighted by molar-refractivity contribution is 8.13. The molecule has 5 nitrogen and oxygen atoms in total. The van der Waals surface area contributed by atoms with E-state index >= 15 is 0 Å². The summed E-state index contributed by atoms with van der Waals surface area (Å²) in [6, 6.07) is 4.99. The molecule has 0 spiro atoms.